The van der Waals surface area contributed by atoms with Gasteiger partial charge in [-0.05, 0) is 30.5 Å². The third kappa shape index (κ3) is 13.7. The zero-order valence-electron chi connectivity index (χ0n) is 23.4. The van der Waals surface area contributed by atoms with Gasteiger partial charge in [-0.3, -0.25) is 9.35 Å². The predicted molar refractivity (Wildman–Crippen MR) is 153 cm³/mol. The Morgan fingerprint density at radius 2 is 1.50 bits per heavy atom. The number of aromatic hydroxyl groups is 1. The lowest BCUT2D eigenvalue weighted by atomic mass is 9.95. The van der Waals surface area contributed by atoms with E-state index >= 15 is 0 Å². The van der Waals surface area contributed by atoms with Gasteiger partial charge in [0.2, 0.25) is 5.56 Å². The molecule has 10 heteroatoms. The van der Waals surface area contributed by atoms with Crippen molar-refractivity contribution in [3.8, 4) is 5.75 Å². The lowest BCUT2D eigenvalue weighted by Gasteiger charge is -2.26. The van der Waals surface area contributed by atoms with E-state index in [4.69, 9.17) is 4.55 Å². The monoisotopic (exact) mass is 556 g/mol. The van der Waals surface area contributed by atoms with E-state index in [-0.39, 0.29) is 30.0 Å². The van der Waals surface area contributed by atoms with E-state index in [1.54, 1.807) is 12.1 Å². The van der Waals surface area contributed by atoms with Crippen LogP contribution in [0.4, 0.5) is 0 Å². The average molecular weight is 557 g/mol. The first-order chi connectivity index (χ1) is 18.0. The fourth-order valence-electron chi connectivity index (χ4n) is 4.35. The molecule has 0 aliphatic heterocycles. The average Bonchev–Trinajstić information content (AvgIpc) is 2.85. The van der Waals surface area contributed by atoms with Crippen molar-refractivity contribution in [2.75, 3.05) is 6.61 Å². The highest BCUT2D eigenvalue weighted by Gasteiger charge is 2.22. The van der Waals surface area contributed by atoms with E-state index in [1.807, 2.05) is 20.8 Å². The molecule has 9 nitrogen and oxygen atoms in total. The second kappa shape index (κ2) is 18.3. The molecule has 2 atom stereocenters. The van der Waals surface area contributed by atoms with E-state index in [9.17, 15) is 23.4 Å². The highest BCUT2D eigenvalue weighted by atomic mass is 32.3. The van der Waals surface area contributed by atoms with Gasteiger partial charge in [-0.15, -0.1) is 0 Å². The van der Waals surface area contributed by atoms with E-state index in [0.717, 1.165) is 19.3 Å². The zero-order valence-corrected chi connectivity index (χ0v) is 24.2. The Morgan fingerprint density at radius 1 is 0.921 bits per heavy atom. The topological polar surface area (TPSA) is 149 Å². The van der Waals surface area contributed by atoms with Crippen molar-refractivity contribution in [3.63, 3.8) is 0 Å². The molecule has 2 unspecified atom stereocenters. The van der Waals surface area contributed by atoms with Gasteiger partial charge in [0.15, 0.2) is 0 Å². The van der Waals surface area contributed by atoms with Crippen LogP contribution in [0.2, 0.25) is 0 Å². The molecule has 218 valence electrons. The van der Waals surface area contributed by atoms with Crippen molar-refractivity contribution in [3.05, 3.63) is 40.2 Å². The number of hydrogen-bond acceptors (Lipinski definition) is 7. The largest absolute Gasteiger partial charge is 0.506 e. The maximum Gasteiger partial charge on any atom is 0.397 e. The summed E-state index contributed by atoms with van der Waals surface area (Å²) in [4.78, 5) is 14.0. The summed E-state index contributed by atoms with van der Waals surface area (Å²) in [5, 5.41) is 24.5. The Hall–Kier alpha value is -1.98. The summed E-state index contributed by atoms with van der Waals surface area (Å²) in [6.07, 6.45) is 11.9. The number of phenolic OH excluding ortho intramolecular Hbond substituents is 1. The lowest BCUT2D eigenvalue weighted by molar-refractivity contribution is 0.123. The van der Waals surface area contributed by atoms with Crippen molar-refractivity contribution >= 4 is 21.3 Å². The molecule has 0 fully saturated rings. The van der Waals surface area contributed by atoms with Gasteiger partial charge in [0.1, 0.15) is 5.75 Å². The van der Waals surface area contributed by atoms with Crippen molar-refractivity contribution < 1.29 is 27.4 Å². The van der Waals surface area contributed by atoms with Gasteiger partial charge in [0.05, 0.1) is 18.2 Å². The predicted octanol–water partition coefficient (Wildman–Crippen LogP) is 5.77. The number of hydrogen-bond donors (Lipinski definition) is 5. The molecular formula is C28H48N2O7S. The number of nitrogens with one attached hydrogen (secondary N) is 2. The molecule has 2 rings (SSSR count). The maximum absolute atomic E-state index is 11.4. The lowest BCUT2D eigenvalue weighted by Crippen LogP contribution is -2.39. The van der Waals surface area contributed by atoms with Crippen LogP contribution in [0, 0.1) is 0 Å². The molecule has 0 spiro atoms. The van der Waals surface area contributed by atoms with Crippen LogP contribution in [0.15, 0.2) is 29.1 Å². The summed E-state index contributed by atoms with van der Waals surface area (Å²) >= 11 is 0. The summed E-state index contributed by atoms with van der Waals surface area (Å²) in [6, 6.07) is 6.39. The molecule has 1 heterocycles. The molecule has 5 N–H and O–H groups in total. The number of aromatic amines is 1. The molecule has 38 heavy (non-hydrogen) atoms. The van der Waals surface area contributed by atoms with Crippen molar-refractivity contribution in [1.29, 1.82) is 0 Å². The molecule has 2 aromatic rings. The van der Waals surface area contributed by atoms with Gasteiger partial charge in [-0.2, -0.15) is 8.42 Å². The van der Waals surface area contributed by atoms with Crippen LogP contribution < -0.4 is 10.9 Å². The summed E-state index contributed by atoms with van der Waals surface area (Å²) < 4.78 is 33.0. The van der Waals surface area contributed by atoms with Crippen LogP contribution >= 0.6 is 0 Å². The smallest absolute Gasteiger partial charge is 0.397 e. The summed E-state index contributed by atoms with van der Waals surface area (Å²) in [5.74, 6) is 0.00326. The first kappa shape index (κ1) is 34.0. The number of fused-ring (bicyclic) bond motifs is 1. The van der Waals surface area contributed by atoms with Gasteiger partial charge >= 0.3 is 10.4 Å². The number of aliphatic hydroxyl groups is 1. The quantitative estimate of drug-likeness (QED) is 0.122. The number of pyridine rings is 1. The molecule has 0 saturated heterocycles. The Morgan fingerprint density at radius 3 is 2.03 bits per heavy atom. The number of rotatable bonds is 17. The number of phenols is 1. The normalized spacial score (nSPS) is 13.3. The molecule has 0 aliphatic carbocycles. The fraction of sp³-hybridized carbons (Fsp3) is 0.679. The second-order valence-corrected chi connectivity index (χ2v) is 11.1. The minimum absolute atomic E-state index is 0.00326. The SMILES string of the molecule is CCC(NC(C)C)C(O)c1ccc(O)c2[nH]c(=O)ccc12.CCCCCCCCCCCCOS(=O)(=O)O. The molecular weight excluding hydrogens is 508 g/mol. The standard InChI is InChI=1S/C16H22N2O3.C12H26O4S/c1-4-12(17-9(2)3)16(21)11-5-7-13(19)15-10(11)6-8-14(20)18-15;1-2-3-4-5-6-7-8-9-10-11-12-16-17(13,14)15/h5-9,12,16-17,19,21H,4H2,1-3H3,(H,18,20);2-12H2,1H3,(H,13,14,15). The fourth-order valence-corrected chi connectivity index (χ4v) is 4.68. The van der Waals surface area contributed by atoms with Crippen LogP contribution in [0.3, 0.4) is 0 Å². The van der Waals surface area contributed by atoms with Crippen LogP contribution in [-0.4, -0.2) is 46.9 Å². The van der Waals surface area contributed by atoms with Crippen LogP contribution in [-0.2, 0) is 14.6 Å². The molecule has 0 bridgehead atoms. The molecule has 0 amide bonds. The second-order valence-electron chi connectivity index (χ2n) is 10.00. The number of benzene rings is 1. The van der Waals surface area contributed by atoms with Crippen LogP contribution in [0.25, 0.3) is 10.9 Å². The van der Waals surface area contributed by atoms with E-state index in [1.165, 1.54) is 57.1 Å². The van der Waals surface area contributed by atoms with Crippen molar-refractivity contribution in [2.24, 2.45) is 0 Å². The molecule has 1 aromatic heterocycles. The molecule has 0 radical (unpaired) electrons. The van der Waals surface area contributed by atoms with Crippen LogP contribution in [0.5, 0.6) is 5.75 Å². The number of unbranched alkanes of at least 4 members (excludes halogenated alkanes) is 9. The minimum Gasteiger partial charge on any atom is -0.506 e. The van der Waals surface area contributed by atoms with Crippen LogP contribution in [0.1, 0.15) is 110 Å². The minimum atomic E-state index is -4.23. The molecule has 1 aromatic carbocycles. The zero-order chi connectivity index (χ0) is 28.6. The summed E-state index contributed by atoms with van der Waals surface area (Å²) in [6.45, 7) is 8.38. The molecule has 0 saturated carbocycles. The van der Waals surface area contributed by atoms with Crippen molar-refractivity contribution in [1.82, 2.24) is 10.3 Å². The first-order valence-electron chi connectivity index (χ1n) is 13.9. The number of aromatic nitrogens is 1. The Labute approximate surface area is 228 Å². The van der Waals surface area contributed by atoms with Gasteiger partial charge in [0, 0.05) is 23.5 Å². The Bertz CT molecular complexity index is 1090. The van der Waals surface area contributed by atoms with Gasteiger partial charge < -0.3 is 20.5 Å². The third-order valence-electron chi connectivity index (χ3n) is 6.32. The summed E-state index contributed by atoms with van der Waals surface area (Å²) in [7, 11) is -4.23. The highest BCUT2D eigenvalue weighted by Crippen LogP contribution is 2.30. The van der Waals surface area contributed by atoms with E-state index in [2.05, 4.69) is 21.4 Å². The number of H-pyrrole nitrogens is 1. The highest BCUT2D eigenvalue weighted by molar-refractivity contribution is 7.80. The van der Waals surface area contributed by atoms with Gasteiger partial charge in [-0.1, -0.05) is 91.5 Å². The van der Waals surface area contributed by atoms with Gasteiger partial charge in [-0.25, -0.2) is 4.18 Å². The van der Waals surface area contributed by atoms with Gasteiger partial charge in [0.25, 0.3) is 0 Å². The van der Waals surface area contributed by atoms with E-state index in [0.29, 0.717) is 22.9 Å². The molecule has 0 aliphatic rings. The first-order valence-corrected chi connectivity index (χ1v) is 15.3. The Balaban J connectivity index is 0.000000391. The maximum atomic E-state index is 11.4. The van der Waals surface area contributed by atoms with Crippen molar-refractivity contribution in [2.45, 2.75) is 117 Å². The number of aliphatic hydroxyl groups excluding tert-OH is 1. The Kier molecular flexibility index (Phi) is 16.4. The third-order valence-corrected chi connectivity index (χ3v) is 6.79. The summed E-state index contributed by atoms with van der Waals surface area (Å²) in [5.41, 5.74) is 0.772. The van der Waals surface area contributed by atoms with E-state index < -0.39 is 16.5 Å².